The molecule has 2 amide bonds. The van der Waals surface area contributed by atoms with Crippen molar-refractivity contribution >= 4 is 50.9 Å². The zero-order valence-corrected chi connectivity index (χ0v) is 25.1. The fourth-order valence-electron chi connectivity index (χ4n) is 4.86. The summed E-state index contributed by atoms with van der Waals surface area (Å²) in [6, 6.07) is 20.1. The van der Waals surface area contributed by atoms with E-state index in [0.29, 0.717) is 27.8 Å². The average molecular weight is 632 g/mol. The maximum Gasteiger partial charge on any atom is 0.261 e. The fourth-order valence-corrected chi connectivity index (χ4v) is 5.87. The number of rotatable bonds is 11. The molecule has 0 aromatic heterocycles. The fraction of sp³-hybridized carbons (Fsp3) is 0.355. The lowest BCUT2D eigenvalue weighted by atomic mass is 10.0. The van der Waals surface area contributed by atoms with Crippen LogP contribution in [0.3, 0.4) is 0 Å². The molecule has 1 aliphatic carbocycles. The molecule has 0 aliphatic heterocycles. The molecule has 3 aromatic rings. The lowest BCUT2D eigenvalue weighted by Crippen LogP contribution is -2.53. The van der Waals surface area contributed by atoms with E-state index < -0.39 is 6.04 Å². The molecule has 0 saturated heterocycles. The Morgan fingerprint density at radius 1 is 1.03 bits per heavy atom. The van der Waals surface area contributed by atoms with Gasteiger partial charge in [0.15, 0.2) is 6.61 Å². The molecule has 206 valence electrons. The zero-order chi connectivity index (χ0) is 27.8. The topological polar surface area (TPSA) is 58.6 Å². The number of carbonyl (C=O) groups is 2. The van der Waals surface area contributed by atoms with Crippen LogP contribution in [-0.2, 0) is 29.0 Å². The van der Waals surface area contributed by atoms with Crippen LogP contribution in [0.15, 0.2) is 71.2 Å². The summed E-state index contributed by atoms with van der Waals surface area (Å²) in [5.41, 5.74) is 2.82. The first-order valence-electron chi connectivity index (χ1n) is 13.3. The van der Waals surface area contributed by atoms with Gasteiger partial charge in [0.25, 0.3) is 5.91 Å². The SMILES string of the molecule is CCc1ccc(OCC(=O)N(Cc2ccc(Cl)cc2Cl)[C@H](Cc2ccccc2)C(=O)NC2CCCC2)c(Br)c1. The number of nitrogens with zero attached hydrogens (tertiary/aromatic N) is 1. The van der Waals surface area contributed by atoms with Crippen LogP contribution in [0.2, 0.25) is 10.0 Å². The molecule has 1 atom stereocenters. The van der Waals surface area contributed by atoms with Crippen molar-refractivity contribution < 1.29 is 14.3 Å². The summed E-state index contributed by atoms with van der Waals surface area (Å²) < 4.78 is 6.74. The number of nitrogens with one attached hydrogen (secondary N) is 1. The zero-order valence-electron chi connectivity index (χ0n) is 22.0. The number of ether oxygens (including phenoxy) is 1. The quantitative estimate of drug-likeness (QED) is 0.240. The molecule has 5 nitrogen and oxygen atoms in total. The summed E-state index contributed by atoms with van der Waals surface area (Å²) in [7, 11) is 0. The van der Waals surface area contributed by atoms with E-state index in [9.17, 15) is 9.59 Å². The van der Waals surface area contributed by atoms with E-state index in [1.165, 1.54) is 0 Å². The Morgan fingerprint density at radius 3 is 2.44 bits per heavy atom. The Labute approximate surface area is 249 Å². The molecule has 1 fully saturated rings. The van der Waals surface area contributed by atoms with Crippen molar-refractivity contribution in [3.05, 3.63) is 97.9 Å². The summed E-state index contributed by atoms with van der Waals surface area (Å²) in [6.45, 7) is 2.00. The van der Waals surface area contributed by atoms with Crippen LogP contribution in [0.5, 0.6) is 5.75 Å². The third-order valence-electron chi connectivity index (χ3n) is 7.08. The second-order valence-corrected chi connectivity index (χ2v) is 11.6. The molecular formula is C31H33BrCl2N2O3. The van der Waals surface area contributed by atoms with E-state index in [-0.39, 0.29) is 31.0 Å². The molecule has 1 aliphatic rings. The summed E-state index contributed by atoms with van der Waals surface area (Å²) in [5.74, 6) is 0.0905. The van der Waals surface area contributed by atoms with Crippen molar-refractivity contribution in [1.29, 1.82) is 0 Å². The number of hydrogen-bond donors (Lipinski definition) is 1. The summed E-state index contributed by atoms with van der Waals surface area (Å²) in [6.07, 6.45) is 5.35. The van der Waals surface area contributed by atoms with E-state index in [2.05, 4.69) is 28.2 Å². The van der Waals surface area contributed by atoms with E-state index in [1.54, 1.807) is 23.1 Å². The van der Waals surface area contributed by atoms with Crippen molar-refractivity contribution in [1.82, 2.24) is 10.2 Å². The van der Waals surface area contributed by atoms with Crippen LogP contribution < -0.4 is 10.1 Å². The number of amides is 2. The van der Waals surface area contributed by atoms with Gasteiger partial charge in [0.1, 0.15) is 11.8 Å². The smallest absolute Gasteiger partial charge is 0.261 e. The van der Waals surface area contributed by atoms with Gasteiger partial charge < -0.3 is 15.0 Å². The third kappa shape index (κ3) is 8.23. The monoisotopic (exact) mass is 630 g/mol. The van der Waals surface area contributed by atoms with E-state index in [4.69, 9.17) is 27.9 Å². The Morgan fingerprint density at radius 2 is 1.77 bits per heavy atom. The van der Waals surface area contributed by atoms with Crippen LogP contribution in [0.1, 0.15) is 49.3 Å². The molecule has 0 bridgehead atoms. The first kappa shape index (κ1) is 29.4. The standard InChI is InChI=1S/C31H33BrCl2N2O3/c1-2-21-12-15-29(26(32)16-21)39-20-30(37)36(19-23-13-14-24(33)18-27(23)34)28(17-22-8-4-3-5-9-22)31(38)35-25-10-6-7-11-25/h3-5,8-9,12-16,18,25,28H,2,6-7,10-11,17,19-20H2,1H3,(H,35,38)/t28-/m1/s1. The third-order valence-corrected chi connectivity index (χ3v) is 8.29. The highest BCUT2D eigenvalue weighted by atomic mass is 79.9. The van der Waals surface area contributed by atoms with Gasteiger partial charge in [0.2, 0.25) is 5.91 Å². The molecule has 4 rings (SSSR count). The van der Waals surface area contributed by atoms with Gasteiger partial charge in [-0.2, -0.15) is 0 Å². The van der Waals surface area contributed by atoms with Gasteiger partial charge in [-0.25, -0.2) is 0 Å². The number of carbonyl (C=O) groups excluding carboxylic acids is 2. The molecule has 0 spiro atoms. The van der Waals surface area contributed by atoms with Gasteiger partial charge in [-0.3, -0.25) is 9.59 Å². The highest BCUT2D eigenvalue weighted by Gasteiger charge is 2.33. The van der Waals surface area contributed by atoms with E-state index >= 15 is 0 Å². The average Bonchev–Trinajstić information content (AvgIpc) is 3.44. The van der Waals surface area contributed by atoms with Crippen LogP contribution in [0.4, 0.5) is 0 Å². The van der Waals surface area contributed by atoms with Crippen LogP contribution in [-0.4, -0.2) is 35.4 Å². The van der Waals surface area contributed by atoms with Gasteiger partial charge in [-0.1, -0.05) is 85.4 Å². The minimum absolute atomic E-state index is 0.121. The number of hydrogen-bond acceptors (Lipinski definition) is 3. The van der Waals surface area contributed by atoms with E-state index in [0.717, 1.165) is 47.7 Å². The lowest BCUT2D eigenvalue weighted by Gasteiger charge is -2.32. The Bertz CT molecular complexity index is 1280. The molecule has 3 aromatic carbocycles. The first-order chi connectivity index (χ1) is 18.8. The predicted octanol–water partition coefficient (Wildman–Crippen LogP) is 7.40. The summed E-state index contributed by atoms with van der Waals surface area (Å²) in [4.78, 5) is 29.2. The highest BCUT2D eigenvalue weighted by Crippen LogP contribution is 2.28. The van der Waals surface area contributed by atoms with Gasteiger partial charge in [-0.05, 0) is 76.1 Å². The van der Waals surface area contributed by atoms with Crippen LogP contribution in [0.25, 0.3) is 0 Å². The summed E-state index contributed by atoms with van der Waals surface area (Å²) >= 11 is 16.2. The van der Waals surface area contributed by atoms with E-state index in [1.807, 2.05) is 48.5 Å². The maximum atomic E-state index is 13.8. The van der Waals surface area contributed by atoms with Crippen LogP contribution in [0, 0.1) is 0 Å². The first-order valence-corrected chi connectivity index (χ1v) is 14.9. The molecule has 0 unspecified atom stereocenters. The number of aryl methyl sites for hydroxylation is 1. The minimum Gasteiger partial charge on any atom is -0.483 e. The second kappa shape index (κ2) is 14.2. The van der Waals surface area contributed by atoms with Crippen molar-refractivity contribution in [2.75, 3.05) is 6.61 Å². The predicted molar refractivity (Wildman–Crippen MR) is 160 cm³/mol. The van der Waals surface area contributed by atoms with Gasteiger partial charge in [0.05, 0.1) is 4.47 Å². The molecule has 8 heteroatoms. The van der Waals surface area contributed by atoms with Gasteiger partial charge >= 0.3 is 0 Å². The molecule has 1 N–H and O–H groups in total. The number of halogens is 3. The molecule has 39 heavy (non-hydrogen) atoms. The summed E-state index contributed by atoms with van der Waals surface area (Å²) in [5, 5.41) is 4.15. The molecule has 1 saturated carbocycles. The Balaban J connectivity index is 1.63. The van der Waals surface area contributed by atoms with Crippen molar-refractivity contribution in [3.63, 3.8) is 0 Å². The maximum absolute atomic E-state index is 13.8. The van der Waals surface area contributed by atoms with Crippen LogP contribution >= 0.6 is 39.1 Å². The van der Waals surface area contributed by atoms with Gasteiger partial charge in [-0.15, -0.1) is 0 Å². The highest BCUT2D eigenvalue weighted by molar-refractivity contribution is 9.10. The molecule has 0 radical (unpaired) electrons. The Hall–Kier alpha value is -2.54. The van der Waals surface area contributed by atoms with Crippen molar-refractivity contribution in [2.45, 2.75) is 64.1 Å². The number of benzene rings is 3. The Kier molecular flexibility index (Phi) is 10.7. The largest absolute Gasteiger partial charge is 0.483 e. The second-order valence-electron chi connectivity index (χ2n) is 9.86. The van der Waals surface area contributed by atoms with Crippen molar-refractivity contribution in [2.24, 2.45) is 0 Å². The molecular weight excluding hydrogens is 599 g/mol. The minimum atomic E-state index is -0.748. The van der Waals surface area contributed by atoms with Gasteiger partial charge in [0, 0.05) is 29.1 Å². The lowest BCUT2D eigenvalue weighted by molar-refractivity contribution is -0.143. The molecule has 0 heterocycles. The van der Waals surface area contributed by atoms with Crippen molar-refractivity contribution in [3.8, 4) is 5.75 Å². The normalized spacial score (nSPS) is 14.2.